The lowest BCUT2D eigenvalue weighted by atomic mass is 9.79. The maximum atomic E-state index is 13.0. The second-order valence-corrected chi connectivity index (χ2v) is 7.57. The van der Waals surface area contributed by atoms with Gasteiger partial charge in [0.15, 0.2) is 4.77 Å². The van der Waals surface area contributed by atoms with Crippen molar-refractivity contribution in [2.45, 2.75) is 31.1 Å². The third kappa shape index (κ3) is 3.47. The summed E-state index contributed by atoms with van der Waals surface area (Å²) in [6.07, 6.45) is 6.31. The van der Waals surface area contributed by atoms with Crippen molar-refractivity contribution >= 4 is 18.1 Å². The van der Waals surface area contributed by atoms with Crippen molar-refractivity contribution in [3.05, 3.63) is 82.9 Å². The first kappa shape index (κ1) is 17.7. The van der Waals surface area contributed by atoms with Crippen LogP contribution >= 0.6 is 12.2 Å². The van der Waals surface area contributed by atoms with Gasteiger partial charge in [-0.25, -0.2) is 0 Å². The molecule has 1 aliphatic carbocycles. The predicted octanol–water partition coefficient (Wildman–Crippen LogP) is 4.78. The van der Waals surface area contributed by atoms with Gasteiger partial charge in [0.25, 0.3) is 5.91 Å². The molecule has 27 heavy (non-hydrogen) atoms. The Morgan fingerprint density at radius 2 is 1.67 bits per heavy atom. The third-order valence-corrected chi connectivity index (χ3v) is 5.86. The summed E-state index contributed by atoms with van der Waals surface area (Å²) in [6, 6.07) is 20.3. The maximum absolute atomic E-state index is 13.0. The van der Waals surface area contributed by atoms with Crippen LogP contribution in [0.5, 0.6) is 0 Å². The SMILES string of the molecule is O=C(NCC1(c2ccccc2)CCCC1)c1c[nH]c(=S)n1-c1ccccc1. The van der Waals surface area contributed by atoms with E-state index in [0.29, 0.717) is 17.0 Å². The van der Waals surface area contributed by atoms with Crippen LogP contribution in [-0.4, -0.2) is 22.0 Å². The van der Waals surface area contributed by atoms with E-state index in [9.17, 15) is 4.79 Å². The summed E-state index contributed by atoms with van der Waals surface area (Å²) < 4.78 is 2.30. The van der Waals surface area contributed by atoms with Crippen LogP contribution in [0.25, 0.3) is 5.69 Å². The Morgan fingerprint density at radius 1 is 1.04 bits per heavy atom. The van der Waals surface area contributed by atoms with Gasteiger partial charge in [-0.2, -0.15) is 0 Å². The quantitative estimate of drug-likeness (QED) is 0.629. The zero-order valence-corrected chi connectivity index (χ0v) is 16.0. The molecule has 2 aromatic carbocycles. The normalized spacial score (nSPS) is 15.6. The second kappa shape index (κ2) is 7.53. The lowest BCUT2D eigenvalue weighted by Crippen LogP contribution is -2.39. The molecule has 3 aromatic rings. The number of carbonyl (C=O) groups excluding carboxylic acids is 1. The van der Waals surface area contributed by atoms with Gasteiger partial charge in [-0.3, -0.25) is 9.36 Å². The second-order valence-electron chi connectivity index (χ2n) is 7.19. The molecule has 2 N–H and O–H groups in total. The summed E-state index contributed by atoms with van der Waals surface area (Å²) in [4.78, 5) is 16.0. The van der Waals surface area contributed by atoms with Crippen LogP contribution in [0.3, 0.4) is 0 Å². The molecule has 1 fully saturated rings. The topological polar surface area (TPSA) is 49.8 Å². The highest BCUT2D eigenvalue weighted by molar-refractivity contribution is 7.71. The number of benzene rings is 2. The van der Waals surface area contributed by atoms with E-state index in [0.717, 1.165) is 18.5 Å². The van der Waals surface area contributed by atoms with Gasteiger partial charge in [-0.1, -0.05) is 61.4 Å². The number of aromatic amines is 1. The molecule has 0 bridgehead atoms. The van der Waals surface area contributed by atoms with Gasteiger partial charge in [-0.05, 0) is 42.8 Å². The minimum atomic E-state index is -0.103. The Labute approximate surface area is 164 Å². The molecular weight excluding hydrogens is 354 g/mol. The first-order valence-electron chi connectivity index (χ1n) is 9.39. The van der Waals surface area contributed by atoms with E-state index in [1.807, 2.05) is 36.4 Å². The van der Waals surface area contributed by atoms with Crippen molar-refractivity contribution in [3.63, 3.8) is 0 Å². The maximum Gasteiger partial charge on any atom is 0.269 e. The lowest BCUT2D eigenvalue weighted by molar-refractivity contribution is 0.0936. The summed E-state index contributed by atoms with van der Waals surface area (Å²) in [5.41, 5.74) is 2.76. The van der Waals surface area contributed by atoms with Crippen molar-refractivity contribution in [3.8, 4) is 5.69 Å². The van der Waals surface area contributed by atoms with E-state index in [4.69, 9.17) is 12.2 Å². The van der Waals surface area contributed by atoms with E-state index in [1.54, 1.807) is 10.8 Å². The summed E-state index contributed by atoms with van der Waals surface area (Å²) in [6.45, 7) is 0.641. The van der Waals surface area contributed by atoms with Crippen molar-refractivity contribution in [2.75, 3.05) is 6.54 Å². The highest BCUT2D eigenvalue weighted by atomic mass is 32.1. The number of rotatable bonds is 5. The molecule has 0 unspecified atom stereocenters. The summed E-state index contributed by atoms with van der Waals surface area (Å²) in [5, 5.41) is 3.18. The first-order chi connectivity index (χ1) is 13.2. The Kier molecular flexibility index (Phi) is 4.94. The molecule has 0 radical (unpaired) electrons. The van der Waals surface area contributed by atoms with E-state index in [2.05, 4.69) is 34.6 Å². The van der Waals surface area contributed by atoms with Crippen molar-refractivity contribution in [2.24, 2.45) is 0 Å². The highest BCUT2D eigenvalue weighted by Gasteiger charge is 2.36. The van der Waals surface area contributed by atoms with Gasteiger partial charge in [-0.15, -0.1) is 0 Å². The number of para-hydroxylation sites is 1. The predicted molar refractivity (Wildman–Crippen MR) is 110 cm³/mol. The molecular formula is C22H23N3OS. The van der Waals surface area contributed by atoms with Crippen molar-refractivity contribution in [1.29, 1.82) is 0 Å². The third-order valence-electron chi connectivity index (χ3n) is 5.56. The van der Waals surface area contributed by atoms with Crippen LogP contribution in [0.15, 0.2) is 66.9 Å². The van der Waals surface area contributed by atoms with Crippen LogP contribution in [-0.2, 0) is 5.41 Å². The fourth-order valence-electron chi connectivity index (χ4n) is 4.12. The molecule has 138 valence electrons. The smallest absolute Gasteiger partial charge is 0.269 e. The summed E-state index contributed by atoms with van der Waals surface area (Å²) in [5.74, 6) is -0.103. The lowest BCUT2D eigenvalue weighted by Gasteiger charge is -2.30. The number of aromatic nitrogens is 2. The molecule has 4 rings (SSSR count). The summed E-state index contributed by atoms with van der Waals surface area (Å²) in [7, 11) is 0. The van der Waals surface area contributed by atoms with Crippen molar-refractivity contribution < 1.29 is 4.79 Å². The average Bonchev–Trinajstić information content (AvgIpc) is 3.35. The van der Waals surface area contributed by atoms with Crippen molar-refractivity contribution in [1.82, 2.24) is 14.9 Å². The molecule has 5 heteroatoms. The first-order valence-corrected chi connectivity index (χ1v) is 9.80. The molecule has 1 saturated carbocycles. The van der Waals surface area contributed by atoms with Gasteiger partial charge in [0.2, 0.25) is 0 Å². The number of hydrogen-bond donors (Lipinski definition) is 2. The van der Waals surface area contributed by atoms with Crippen LogP contribution in [0.1, 0.15) is 41.7 Å². The summed E-state index contributed by atoms with van der Waals surface area (Å²) >= 11 is 5.39. The van der Waals surface area contributed by atoms with E-state index >= 15 is 0 Å². The fourth-order valence-corrected chi connectivity index (χ4v) is 4.38. The standard InChI is InChI=1S/C22H23N3OS/c26-20(19-15-23-21(27)25(19)18-11-5-2-6-12-18)24-16-22(13-7-8-14-22)17-9-3-1-4-10-17/h1-6,9-12,15H,7-8,13-14,16H2,(H,23,27)(H,24,26). The van der Waals surface area contributed by atoms with Gasteiger partial charge in [0, 0.05) is 23.8 Å². The largest absolute Gasteiger partial charge is 0.350 e. The molecule has 4 nitrogen and oxygen atoms in total. The van der Waals surface area contributed by atoms with Gasteiger partial charge < -0.3 is 10.3 Å². The highest BCUT2D eigenvalue weighted by Crippen LogP contribution is 2.40. The number of hydrogen-bond acceptors (Lipinski definition) is 2. The van der Waals surface area contributed by atoms with E-state index in [-0.39, 0.29) is 11.3 Å². The Hall–Kier alpha value is -2.66. The van der Waals surface area contributed by atoms with E-state index < -0.39 is 0 Å². The average molecular weight is 378 g/mol. The zero-order valence-electron chi connectivity index (χ0n) is 15.2. The number of H-pyrrole nitrogens is 1. The zero-order chi connectivity index (χ0) is 18.7. The molecule has 1 aromatic heterocycles. The van der Waals surface area contributed by atoms with Crippen LogP contribution in [0, 0.1) is 4.77 Å². The monoisotopic (exact) mass is 377 g/mol. The fraction of sp³-hybridized carbons (Fsp3) is 0.273. The van der Waals surface area contributed by atoms with E-state index in [1.165, 1.54) is 18.4 Å². The Bertz CT molecular complexity index is 970. The van der Waals surface area contributed by atoms with Crippen LogP contribution in [0.2, 0.25) is 0 Å². The number of imidazole rings is 1. The minimum absolute atomic E-state index is 0.0294. The minimum Gasteiger partial charge on any atom is -0.350 e. The molecule has 1 aliphatic rings. The Balaban J connectivity index is 1.58. The van der Waals surface area contributed by atoms with Gasteiger partial charge >= 0.3 is 0 Å². The molecule has 1 amide bonds. The molecule has 0 saturated heterocycles. The molecule has 1 heterocycles. The Morgan fingerprint density at radius 3 is 2.33 bits per heavy atom. The van der Waals surface area contributed by atoms with Gasteiger partial charge in [0.05, 0.1) is 0 Å². The number of carbonyl (C=O) groups is 1. The number of nitrogens with zero attached hydrogens (tertiary/aromatic N) is 1. The molecule has 0 aliphatic heterocycles. The number of nitrogens with one attached hydrogen (secondary N) is 2. The van der Waals surface area contributed by atoms with Crippen LogP contribution < -0.4 is 5.32 Å². The number of amides is 1. The van der Waals surface area contributed by atoms with Gasteiger partial charge in [0.1, 0.15) is 5.69 Å². The molecule has 0 spiro atoms. The molecule has 0 atom stereocenters. The van der Waals surface area contributed by atoms with Crippen LogP contribution in [0.4, 0.5) is 0 Å².